The van der Waals surface area contributed by atoms with Crippen LogP contribution in [0, 0.1) is 59.3 Å². The minimum atomic E-state index is -0.734. The van der Waals surface area contributed by atoms with Gasteiger partial charge in [0.15, 0.2) is 11.5 Å². The first kappa shape index (κ1) is 38.0. The maximum Gasteiger partial charge on any atom is 0.275 e. The van der Waals surface area contributed by atoms with E-state index in [0.717, 1.165) is 24.3 Å². The Morgan fingerprint density at radius 1 is 0.735 bits per heavy atom. The molecular weight excluding hydrogens is 632 g/mol. The molecule has 2 amide bonds. The molecule has 4 aromatic rings. The number of amides is 2. The van der Waals surface area contributed by atoms with Crippen LogP contribution in [0.3, 0.4) is 0 Å². The topological polar surface area (TPSA) is 75.2 Å². The molecule has 0 fully saturated rings. The molecule has 0 saturated heterocycles. The maximum atomic E-state index is 14.2. The van der Waals surface area contributed by atoms with E-state index in [4.69, 9.17) is 0 Å². The first-order valence-corrected chi connectivity index (χ1v) is 15.3. The Kier molecular flexibility index (Phi) is 12.5. The van der Waals surface area contributed by atoms with E-state index in [1.165, 1.54) is 29.4 Å². The van der Waals surface area contributed by atoms with Crippen LogP contribution in [0.4, 0.5) is 17.6 Å². The van der Waals surface area contributed by atoms with Crippen LogP contribution < -0.4 is 5.32 Å². The second-order valence-corrected chi connectivity index (χ2v) is 13.4. The van der Waals surface area contributed by atoms with E-state index >= 15 is 0 Å². The fourth-order valence-corrected chi connectivity index (χ4v) is 3.88. The van der Waals surface area contributed by atoms with Gasteiger partial charge in [-0.05, 0) is 87.2 Å². The Morgan fingerprint density at radius 3 is 1.92 bits per heavy atom. The summed E-state index contributed by atoms with van der Waals surface area (Å²) in [7, 11) is 1.60. The number of hydrogen-bond acceptors (Lipinski definition) is 4. The monoisotopic (exact) mass is 670 g/mol. The van der Waals surface area contributed by atoms with Crippen molar-refractivity contribution in [3.8, 4) is 23.7 Å². The van der Waals surface area contributed by atoms with Crippen molar-refractivity contribution >= 4 is 11.8 Å². The molecule has 0 saturated carbocycles. The Balaban J connectivity index is 0.000000266. The number of benzene rings is 2. The first-order valence-electron chi connectivity index (χ1n) is 15.3. The van der Waals surface area contributed by atoms with Gasteiger partial charge in [0.1, 0.15) is 23.1 Å². The summed E-state index contributed by atoms with van der Waals surface area (Å²) in [5, 5.41) is 2.84. The Morgan fingerprint density at radius 2 is 1.33 bits per heavy atom. The summed E-state index contributed by atoms with van der Waals surface area (Å²) < 4.78 is 54.0. The molecule has 10 heteroatoms. The first-order chi connectivity index (χ1) is 22.8. The SMILES string of the molecule is CN(C(=O)c1ncc(C#Cc2cccc(F)c2)cc1F)C(C)(C)C.Cc1cc(C#Cc2cc(F)ccc2F)cnc1C(=O)NCC(C)(C)C. The van der Waals surface area contributed by atoms with E-state index in [9.17, 15) is 27.2 Å². The van der Waals surface area contributed by atoms with Crippen LogP contribution >= 0.6 is 0 Å². The van der Waals surface area contributed by atoms with Crippen molar-refractivity contribution in [2.45, 2.75) is 54.0 Å². The Labute approximate surface area is 285 Å². The Bertz CT molecular complexity index is 1970. The molecule has 0 aliphatic carbocycles. The summed E-state index contributed by atoms with van der Waals surface area (Å²) in [4.78, 5) is 33.9. The summed E-state index contributed by atoms with van der Waals surface area (Å²) in [6.45, 7) is 13.9. The second-order valence-electron chi connectivity index (χ2n) is 13.4. The molecule has 2 aromatic heterocycles. The lowest BCUT2D eigenvalue weighted by atomic mass is 9.97. The third-order valence-corrected chi connectivity index (χ3v) is 6.87. The van der Waals surface area contributed by atoms with Gasteiger partial charge >= 0.3 is 0 Å². The normalized spacial score (nSPS) is 10.8. The second kappa shape index (κ2) is 16.1. The summed E-state index contributed by atoms with van der Waals surface area (Å²) >= 11 is 0. The fraction of sp³-hybridized carbons (Fsp3) is 0.282. The average Bonchev–Trinajstić information content (AvgIpc) is 3.02. The van der Waals surface area contributed by atoms with Gasteiger partial charge in [-0.25, -0.2) is 27.5 Å². The lowest BCUT2D eigenvalue weighted by Gasteiger charge is -2.31. The summed E-state index contributed by atoms with van der Waals surface area (Å²) in [6.07, 6.45) is 2.78. The molecular formula is C39H38F4N4O2. The zero-order valence-corrected chi connectivity index (χ0v) is 28.7. The largest absolute Gasteiger partial charge is 0.350 e. The summed E-state index contributed by atoms with van der Waals surface area (Å²) in [5.41, 5.74) is 1.56. The van der Waals surface area contributed by atoms with E-state index in [-0.39, 0.29) is 22.6 Å². The lowest BCUT2D eigenvalue weighted by molar-refractivity contribution is 0.0644. The van der Waals surface area contributed by atoms with Crippen LogP contribution in [0.5, 0.6) is 0 Å². The molecule has 0 atom stereocenters. The predicted molar refractivity (Wildman–Crippen MR) is 182 cm³/mol. The van der Waals surface area contributed by atoms with Crippen molar-refractivity contribution in [2.75, 3.05) is 13.6 Å². The van der Waals surface area contributed by atoms with Gasteiger partial charge in [0, 0.05) is 48.2 Å². The minimum Gasteiger partial charge on any atom is -0.350 e. The molecule has 1 N–H and O–H groups in total. The van der Waals surface area contributed by atoms with Crippen molar-refractivity contribution in [1.29, 1.82) is 0 Å². The van der Waals surface area contributed by atoms with Gasteiger partial charge in [-0.15, -0.1) is 0 Å². The zero-order valence-electron chi connectivity index (χ0n) is 28.7. The zero-order chi connectivity index (χ0) is 36.5. The van der Waals surface area contributed by atoms with Crippen molar-refractivity contribution < 1.29 is 27.2 Å². The number of pyridine rings is 2. The van der Waals surface area contributed by atoms with Gasteiger partial charge in [0.2, 0.25) is 0 Å². The standard InChI is InChI=1S/C20H20F2N2O.C19H18F2N2O/c1-13-9-14(5-6-15-10-16(21)7-8-17(15)22)11-23-18(13)19(25)24-12-20(2,3)4;1-19(2,3)23(4)18(24)17-16(21)11-14(12-22-17)9-8-13-6-5-7-15(20)10-13/h7-11H,12H2,1-4H3,(H,24,25);5-7,10-12H,1-4H3. The molecule has 4 rings (SSSR count). The number of aryl methyl sites for hydroxylation is 1. The lowest BCUT2D eigenvalue weighted by Crippen LogP contribution is -2.43. The van der Waals surface area contributed by atoms with Gasteiger partial charge in [0.05, 0.1) is 5.56 Å². The van der Waals surface area contributed by atoms with Crippen LogP contribution in [0.15, 0.2) is 67.0 Å². The number of nitrogens with zero attached hydrogens (tertiary/aromatic N) is 3. The molecule has 0 aliphatic heterocycles. The van der Waals surface area contributed by atoms with Crippen LogP contribution in [-0.4, -0.2) is 45.8 Å². The number of carbonyl (C=O) groups is 2. The fourth-order valence-electron chi connectivity index (χ4n) is 3.88. The number of hydrogen-bond donors (Lipinski definition) is 1. The molecule has 0 aliphatic rings. The van der Waals surface area contributed by atoms with Crippen molar-refractivity contribution in [3.05, 3.63) is 129 Å². The third kappa shape index (κ3) is 11.6. The molecule has 49 heavy (non-hydrogen) atoms. The summed E-state index contributed by atoms with van der Waals surface area (Å²) in [6, 6.07) is 11.8. The van der Waals surface area contributed by atoms with Gasteiger partial charge in [-0.3, -0.25) is 9.59 Å². The van der Waals surface area contributed by atoms with Crippen molar-refractivity contribution in [1.82, 2.24) is 20.2 Å². The van der Waals surface area contributed by atoms with Crippen molar-refractivity contribution in [2.24, 2.45) is 5.41 Å². The Hall–Kier alpha value is -5.48. The number of nitrogens with one attached hydrogen (secondary N) is 1. The van der Waals surface area contributed by atoms with Crippen molar-refractivity contribution in [3.63, 3.8) is 0 Å². The number of carbonyl (C=O) groups excluding carboxylic acids is 2. The third-order valence-electron chi connectivity index (χ3n) is 6.87. The van der Waals surface area contributed by atoms with Crippen LogP contribution in [-0.2, 0) is 0 Å². The van der Waals surface area contributed by atoms with Gasteiger partial charge in [0.25, 0.3) is 11.8 Å². The van der Waals surface area contributed by atoms with E-state index in [2.05, 4.69) is 39.0 Å². The number of aromatic nitrogens is 2. The van der Waals surface area contributed by atoms with E-state index in [1.807, 2.05) is 41.5 Å². The van der Waals surface area contributed by atoms with E-state index in [1.54, 1.807) is 32.2 Å². The van der Waals surface area contributed by atoms with Gasteiger partial charge < -0.3 is 10.2 Å². The van der Waals surface area contributed by atoms with E-state index < -0.39 is 34.7 Å². The minimum absolute atomic E-state index is 0.0235. The van der Waals surface area contributed by atoms with Crippen LogP contribution in [0.2, 0.25) is 0 Å². The summed E-state index contributed by atoms with van der Waals surface area (Å²) in [5.74, 6) is 7.77. The van der Waals surface area contributed by atoms with Gasteiger partial charge in [-0.1, -0.05) is 50.5 Å². The van der Waals surface area contributed by atoms with Crippen LogP contribution in [0.25, 0.3) is 0 Å². The average molecular weight is 671 g/mol. The predicted octanol–water partition coefficient (Wildman–Crippen LogP) is 7.47. The highest BCUT2D eigenvalue weighted by Gasteiger charge is 2.26. The highest BCUT2D eigenvalue weighted by Crippen LogP contribution is 2.17. The number of halogens is 4. The van der Waals surface area contributed by atoms with Gasteiger partial charge in [-0.2, -0.15) is 0 Å². The number of rotatable bonds is 3. The smallest absolute Gasteiger partial charge is 0.275 e. The molecule has 2 aromatic carbocycles. The molecule has 0 spiro atoms. The van der Waals surface area contributed by atoms with E-state index in [0.29, 0.717) is 34.5 Å². The molecule has 2 heterocycles. The maximum absolute atomic E-state index is 14.2. The molecule has 0 bridgehead atoms. The molecule has 254 valence electrons. The van der Waals surface area contributed by atoms with Crippen LogP contribution in [0.1, 0.15) is 90.3 Å². The highest BCUT2D eigenvalue weighted by molar-refractivity contribution is 5.94. The highest BCUT2D eigenvalue weighted by atomic mass is 19.1. The molecule has 0 unspecified atom stereocenters. The molecule has 6 nitrogen and oxygen atoms in total. The molecule has 0 radical (unpaired) electrons. The quantitative estimate of drug-likeness (QED) is 0.181.